The van der Waals surface area contributed by atoms with E-state index in [9.17, 15) is 14.7 Å². The Balaban J connectivity index is 1.66. The van der Waals surface area contributed by atoms with Gasteiger partial charge in [0, 0.05) is 16.5 Å². The maximum atomic E-state index is 12.5. The Hall–Kier alpha value is -1.06. The standard InChI is InChI=1S/C16H15ClN2O3S3/c17-10-3-1-2-9(4-10)5-13-15(22)19(16(23)25-13)6-14(21)18-11-7-24-8-12(11)20/h1-5,11-12,20H,6-8H2,(H,18,21)/b13-5-/t11-,12-/m0/s1. The van der Waals surface area contributed by atoms with Gasteiger partial charge in [0.15, 0.2) is 0 Å². The zero-order valence-corrected chi connectivity index (χ0v) is 16.2. The molecule has 1 aromatic carbocycles. The number of carbonyl (C=O) groups is 2. The average Bonchev–Trinajstić information content (AvgIpc) is 3.06. The number of nitrogens with zero attached hydrogens (tertiary/aromatic N) is 1. The van der Waals surface area contributed by atoms with Gasteiger partial charge in [-0.3, -0.25) is 14.5 Å². The highest BCUT2D eigenvalue weighted by Gasteiger charge is 2.34. The molecule has 2 aliphatic rings. The average molecular weight is 415 g/mol. The van der Waals surface area contributed by atoms with Crippen molar-refractivity contribution in [3.05, 3.63) is 39.8 Å². The summed E-state index contributed by atoms with van der Waals surface area (Å²) in [6.45, 7) is -0.147. The molecule has 0 aromatic heterocycles. The number of thiocarbonyl (C=S) groups is 1. The van der Waals surface area contributed by atoms with Crippen LogP contribution in [0, 0.1) is 0 Å². The number of hydrogen-bond acceptors (Lipinski definition) is 6. The number of aliphatic hydroxyl groups excluding tert-OH is 1. The second-order valence-corrected chi connectivity index (χ2v) is 8.79. The zero-order chi connectivity index (χ0) is 18.0. The molecule has 2 N–H and O–H groups in total. The molecule has 0 radical (unpaired) electrons. The molecule has 2 heterocycles. The molecule has 25 heavy (non-hydrogen) atoms. The van der Waals surface area contributed by atoms with Crippen LogP contribution in [0.1, 0.15) is 5.56 Å². The molecule has 2 saturated heterocycles. The second-order valence-electron chi connectivity index (χ2n) is 5.60. The number of thioether (sulfide) groups is 2. The first-order valence-corrected chi connectivity index (χ1v) is 10.3. The van der Waals surface area contributed by atoms with Crippen molar-refractivity contribution in [3.63, 3.8) is 0 Å². The Morgan fingerprint density at radius 2 is 2.28 bits per heavy atom. The molecular formula is C16H15ClN2O3S3. The van der Waals surface area contributed by atoms with E-state index in [1.165, 1.54) is 4.90 Å². The van der Waals surface area contributed by atoms with Gasteiger partial charge in [-0.15, -0.1) is 0 Å². The van der Waals surface area contributed by atoms with Crippen LogP contribution < -0.4 is 5.32 Å². The van der Waals surface area contributed by atoms with Crippen LogP contribution in [-0.2, 0) is 9.59 Å². The molecule has 1 aromatic rings. The van der Waals surface area contributed by atoms with Gasteiger partial charge in [0.25, 0.3) is 5.91 Å². The molecule has 0 bridgehead atoms. The molecule has 132 valence electrons. The first-order valence-electron chi connectivity index (χ1n) is 7.50. The highest BCUT2D eigenvalue weighted by atomic mass is 35.5. The summed E-state index contributed by atoms with van der Waals surface area (Å²) in [6, 6.07) is 6.86. The highest BCUT2D eigenvalue weighted by Crippen LogP contribution is 2.32. The van der Waals surface area contributed by atoms with Crippen molar-refractivity contribution in [2.24, 2.45) is 0 Å². The van der Waals surface area contributed by atoms with Gasteiger partial charge in [-0.1, -0.05) is 47.7 Å². The van der Waals surface area contributed by atoms with Crippen LogP contribution in [0.3, 0.4) is 0 Å². The quantitative estimate of drug-likeness (QED) is 0.581. The van der Waals surface area contributed by atoms with Crippen molar-refractivity contribution in [1.82, 2.24) is 10.2 Å². The van der Waals surface area contributed by atoms with E-state index in [0.717, 1.165) is 17.3 Å². The lowest BCUT2D eigenvalue weighted by Gasteiger charge is -2.18. The van der Waals surface area contributed by atoms with E-state index in [0.29, 0.717) is 25.8 Å². The van der Waals surface area contributed by atoms with Gasteiger partial charge >= 0.3 is 0 Å². The summed E-state index contributed by atoms with van der Waals surface area (Å²) in [4.78, 5) is 26.4. The Kier molecular flexibility index (Phi) is 6.06. The molecule has 9 heteroatoms. The minimum atomic E-state index is -0.553. The van der Waals surface area contributed by atoms with Gasteiger partial charge in [-0.25, -0.2) is 0 Å². The molecule has 0 saturated carbocycles. The summed E-state index contributed by atoms with van der Waals surface area (Å²) in [6.07, 6.45) is 1.16. The maximum absolute atomic E-state index is 12.5. The lowest BCUT2D eigenvalue weighted by Crippen LogP contribution is -2.47. The third-order valence-corrected chi connectivity index (χ3v) is 6.50. The Labute approximate surface area is 164 Å². The van der Waals surface area contributed by atoms with Crippen molar-refractivity contribution >= 4 is 69.6 Å². The molecule has 2 amide bonds. The van der Waals surface area contributed by atoms with Crippen LogP contribution in [0.15, 0.2) is 29.2 Å². The van der Waals surface area contributed by atoms with Crippen molar-refractivity contribution in [2.75, 3.05) is 18.1 Å². The minimum absolute atomic E-state index is 0.147. The molecule has 2 fully saturated rings. The summed E-state index contributed by atoms with van der Waals surface area (Å²) in [5, 5.41) is 13.1. The lowest BCUT2D eigenvalue weighted by molar-refractivity contribution is -0.129. The summed E-state index contributed by atoms with van der Waals surface area (Å²) < 4.78 is 0.342. The first-order chi connectivity index (χ1) is 11.9. The molecule has 0 unspecified atom stereocenters. The predicted octanol–water partition coefficient (Wildman–Crippen LogP) is 2.13. The number of hydrogen-bond donors (Lipinski definition) is 2. The first kappa shape index (κ1) is 18.7. The van der Waals surface area contributed by atoms with E-state index >= 15 is 0 Å². The predicted molar refractivity (Wildman–Crippen MR) is 107 cm³/mol. The van der Waals surface area contributed by atoms with E-state index in [2.05, 4.69) is 5.32 Å². The number of benzene rings is 1. The van der Waals surface area contributed by atoms with E-state index < -0.39 is 6.10 Å². The van der Waals surface area contributed by atoms with Gasteiger partial charge in [-0.2, -0.15) is 11.8 Å². The van der Waals surface area contributed by atoms with Gasteiger partial charge in [-0.05, 0) is 23.8 Å². The summed E-state index contributed by atoms with van der Waals surface area (Å²) in [5.41, 5.74) is 0.795. The third kappa shape index (κ3) is 4.57. The number of carbonyl (C=O) groups excluding carboxylic acids is 2. The Morgan fingerprint density at radius 1 is 1.48 bits per heavy atom. The molecule has 5 nitrogen and oxygen atoms in total. The number of nitrogens with one attached hydrogen (secondary N) is 1. The molecule has 3 rings (SSSR count). The summed E-state index contributed by atoms with van der Waals surface area (Å²) >= 11 is 13.9. The number of halogens is 1. The summed E-state index contributed by atoms with van der Waals surface area (Å²) in [7, 11) is 0. The van der Waals surface area contributed by atoms with Crippen molar-refractivity contribution in [1.29, 1.82) is 0 Å². The maximum Gasteiger partial charge on any atom is 0.266 e. The van der Waals surface area contributed by atoms with Crippen LogP contribution in [0.5, 0.6) is 0 Å². The fourth-order valence-corrected chi connectivity index (χ4v) is 5.08. The Bertz CT molecular complexity index is 756. The molecule has 0 spiro atoms. The largest absolute Gasteiger partial charge is 0.390 e. The lowest BCUT2D eigenvalue weighted by atomic mass is 10.2. The number of amides is 2. The van der Waals surface area contributed by atoms with E-state index in [1.807, 2.05) is 6.07 Å². The van der Waals surface area contributed by atoms with Gasteiger partial charge in [0.05, 0.1) is 17.1 Å². The van der Waals surface area contributed by atoms with Crippen LogP contribution in [0.2, 0.25) is 5.02 Å². The van der Waals surface area contributed by atoms with Gasteiger partial charge in [0.1, 0.15) is 10.9 Å². The highest BCUT2D eigenvalue weighted by molar-refractivity contribution is 8.26. The summed E-state index contributed by atoms with van der Waals surface area (Å²) in [5.74, 6) is 0.646. The second kappa shape index (κ2) is 8.09. The van der Waals surface area contributed by atoms with Crippen LogP contribution in [0.4, 0.5) is 0 Å². The van der Waals surface area contributed by atoms with Crippen LogP contribution in [0.25, 0.3) is 6.08 Å². The fraction of sp³-hybridized carbons (Fsp3) is 0.312. The monoisotopic (exact) mass is 414 g/mol. The topological polar surface area (TPSA) is 69.6 Å². The van der Waals surface area contributed by atoms with E-state index in [1.54, 1.807) is 36.0 Å². The third-order valence-electron chi connectivity index (χ3n) is 3.72. The van der Waals surface area contributed by atoms with Gasteiger partial charge in [0.2, 0.25) is 5.91 Å². The normalized spacial score (nSPS) is 25.0. The fourth-order valence-electron chi connectivity index (χ4n) is 2.46. The van der Waals surface area contributed by atoms with E-state index in [4.69, 9.17) is 23.8 Å². The SMILES string of the molecule is O=C(CN1C(=O)/C(=C/c2cccc(Cl)c2)SC1=S)N[C@H]1CSC[C@@H]1O. The smallest absolute Gasteiger partial charge is 0.266 e. The Morgan fingerprint density at radius 3 is 2.96 bits per heavy atom. The number of aliphatic hydroxyl groups is 1. The minimum Gasteiger partial charge on any atom is -0.390 e. The van der Waals surface area contributed by atoms with Crippen LogP contribution in [-0.4, -0.2) is 56.3 Å². The zero-order valence-electron chi connectivity index (χ0n) is 13.0. The van der Waals surface area contributed by atoms with Crippen LogP contribution >= 0.6 is 47.3 Å². The molecule has 2 atom stereocenters. The molecular weight excluding hydrogens is 400 g/mol. The van der Waals surface area contributed by atoms with Crippen molar-refractivity contribution < 1.29 is 14.7 Å². The van der Waals surface area contributed by atoms with Crippen molar-refractivity contribution in [2.45, 2.75) is 12.1 Å². The molecule has 2 aliphatic heterocycles. The van der Waals surface area contributed by atoms with Crippen molar-refractivity contribution in [3.8, 4) is 0 Å². The van der Waals surface area contributed by atoms with E-state index in [-0.39, 0.29) is 24.4 Å². The van der Waals surface area contributed by atoms with Gasteiger partial charge < -0.3 is 10.4 Å². The molecule has 0 aliphatic carbocycles. The number of rotatable bonds is 4.